The quantitative estimate of drug-likeness (QED) is 0.813. The summed E-state index contributed by atoms with van der Waals surface area (Å²) in [4.78, 5) is 25.2. The molecule has 25 heavy (non-hydrogen) atoms. The van der Waals surface area contributed by atoms with Gasteiger partial charge in [0.1, 0.15) is 6.54 Å². The van der Waals surface area contributed by atoms with Gasteiger partial charge in [-0.15, -0.1) is 0 Å². The lowest BCUT2D eigenvalue weighted by molar-refractivity contribution is -0.137. The van der Waals surface area contributed by atoms with Crippen LogP contribution in [0.5, 0.6) is 0 Å². The van der Waals surface area contributed by atoms with Crippen molar-refractivity contribution in [2.24, 2.45) is 0 Å². The fraction of sp³-hybridized carbons (Fsp3) is 0.353. The zero-order valence-electron chi connectivity index (χ0n) is 13.7. The van der Waals surface area contributed by atoms with Gasteiger partial charge in [-0.05, 0) is 17.7 Å². The summed E-state index contributed by atoms with van der Waals surface area (Å²) in [6, 6.07) is 7.69. The molecule has 132 valence electrons. The van der Waals surface area contributed by atoms with E-state index in [-0.39, 0.29) is 12.5 Å². The first-order valence-corrected chi connectivity index (χ1v) is 8.05. The number of aromatic nitrogens is 2. The van der Waals surface area contributed by atoms with Crippen LogP contribution in [0.4, 0.5) is 5.69 Å². The molecule has 3 rings (SSSR count). The molecule has 0 spiro atoms. The number of hydrogen-bond donors (Lipinski definition) is 2. The Morgan fingerprint density at radius 1 is 1.28 bits per heavy atom. The molecular formula is C17H20N4O4. The molecule has 8 heteroatoms. The molecule has 1 aromatic heterocycles. The number of aliphatic carboxylic acids is 1. The Labute approximate surface area is 145 Å². The predicted molar refractivity (Wildman–Crippen MR) is 90.4 cm³/mol. The van der Waals surface area contributed by atoms with Crippen molar-refractivity contribution < 1.29 is 19.4 Å². The van der Waals surface area contributed by atoms with Gasteiger partial charge in [0.15, 0.2) is 0 Å². The molecular weight excluding hydrogens is 324 g/mol. The highest BCUT2D eigenvalue weighted by Gasteiger charge is 2.13. The van der Waals surface area contributed by atoms with Gasteiger partial charge >= 0.3 is 5.97 Å². The molecule has 0 unspecified atom stereocenters. The normalized spacial score (nSPS) is 15.0. The molecule has 2 N–H and O–H groups in total. The van der Waals surface area contributed by atoms with Gasteiger partial charge in [-0.25, -0.2) is 0 Å². The summed E-state index contributed by atoms with van der Waals surface area (Å²) in [5, 5.41) is 15.4. The van der Waals surface area contributed by atoms with Crippen LogP contribution in [0.2, 0.25) is 0 Å². The van der Waals surface area contributed by atoms with E-state index >= 15 is 0 Å². The van der Waals surface area contributed by atoms with Crippen LogP contribution in [0, 0.1) is 0 Å². The fourth-order valence-electron chi connectivity index (χ4n) is 2.67. The third-order valence-corrected chi connectivity index (χ3v) is 3.89. The molecule has 0 bridgehead atoms. The van der Waals surface area contributed by atoms with Crippen molar-refractivity contribution in [2.75, 3.05) is 31.6 Å². The lowest BCUT2D eigenvalue weighted by Gasteiger charge is -2.26. The van der Waals surface area contributed by atoms with Gasteiger partial charge in [0, 0.05) is 31.5 Å². The van der Waals surface area contributed by atoms with Crippen LogP contribution in [0.25, 0.3) is 0 Å². The standard InChI is InChI=1S/C17H20N4O4/c22-16(23)12-21-11-14(9-18-21)17(24)19-15-3-1-2-13(8-15)10-20-4-6-25-7-5-20/h1-3,8-9,11H,4-7,10,12H2,(H,19,24)(H,22,23). The van der Waals surface area contributed by atoms with E-state index in [0.717, 1.165) is 38.4 Å². The molecule has 0 aliphatic carbocycles. The number of carbonyl (C=O) groups excluding carboxylic acids is 1. The fourth-order valence-corrected chi connectivity index (χ4v) is 2.67. The minimum Gasteiger partial charge on any atom is -0.480 e. The van der Waals surface area contributed by atoms with Crippen molar-refractivity contribution in [1.29, 1.82) is 0 Å². The Hall–Kier alpha value is -2.71. The molecule has 0 radical (unpaired) electrons. The number of carboxylic acids is 1. The summed E-state index contributed by atoms with van der Waals surface area (Å²) in [5.41, 5.74) is 2.13. The Bertz CT molecular complexity index is 753. The first kappa shape index (κ1) is 17.1. The van der Waals surface area contributed by atoms with Crippen LogP contribution in [0.3, 0.4) is 0 Å². The van der Waals surface area contributed by atoms with Gasteiger partial charge in [-0.2, -0.15) is 5.10 Å². The number of benzene rings is 1. The lowest BCUT2D eigenvalue weighted by Crippen LogP contribution is -2.35. The maximum atomic E-state index is 12.3. The number of nitrogens with zero attached hydrogens (tertiary/aromatic N) is 3. The van der Waals surface area contributed by atoms with Crippen LogP contribution in [0.15, 0.2) is 36.7 Å². The topological polar surface area (TPSA) is 96.7 Å². The summed E-state index contributed by atoms with van der Waals surface area (Å²) >= 11 is 0. The Kier molecular flexibility index (Phi) is 5.42. The number of rotatable bonds is 6. The molecule has 1 saturated heterocycles. The Morgan fingerprint density at radius 2 is 2.08 bits per heavy atom. The highest BCUT2D eigenvalue weighted by molar-refractivity contribution is 6.04. The Morgan fingerprint density at radius 3 is 2.84 bits per heavy atom. The van der Waals surface area contributed by atoms with Crippen molar-refractivity contribution in [3.05, 3.63) is 47.8 Å². The average Bonchev–Trinajstić information content (AvgIpc) is 3.04. The number of anilines is 1. The summed E-state index contributed by atoms with van der Waals surface area (Å²) in [5.74, 6) is -1.33. The molecule has 1 aliphatic heterocycles. The molecule has 0 saturated carbocycles. The number of morpholine rings is 1. The van der Waals surface area contributed by atoms with Gasteiger partial charge in [-0.3, -0.25) is 19.2 Å². The zero-order valence-corrected chi connectivity index (χ0v) is 13.7. The van der Waals surface area contributed by atoms with Crippen molar-refractivity contribution in [2.45, 2.75) is 13.1 Å². The predicted octanol–water partition coefficient (Wildman–Crippen LogP) is 1.05. The number of carbonyl (C=O) groups is 2. The first-order valence-electron chi connectivity index (χ1n) is 8.05. The van der Waals surface area contributed by atoms with E-state index in [0.29, 0.717) is 11.3 Å². The maximum absolute atomic E-state index is 12.3. The highest BCUT2D eigenvalue weighted by Crippen LogP contribution is 2.14. The van der Waals surface area contributed by atoms with E-state index < -0.39 is 5.97 Å². The molecule has 1 aliphatic rings. The highest BCUT2D eigenvalue weighted by atomic mass is 16.5. The number of hydrogen-bond acceptors (Lipinski definition) is 5. The van der Waals surface area contributed by atoms with Gasteiger partial charge < -0.3 is 15.2 Å². The third kappa shape index (κ3) is 4.88. The molecule has 2 aromatic rings. The van der Waals surface area contributed by atoms with E-state index in [1.807, 2.05) is 24.3 Å². The van der Waals surface area contributed by atoms with Crippen LogP contribution in [0.1, 0.15) is 15.9 Å². The molecule has 1 amide bonds. The van der Waals surface area contributed by atoms with Gasteiger partial charge in [0.2, 0.25) is 0 Å². The molecule has 1 fully saturated rings. The van der Waals surface area contributed by atoms with Gasteiger partial charge in [0.25, 0.3) is 5.91 Å². The van der Waals surface area contributed by atoms with Crippen LogP contribution in [-0.2, 0) is 22.6 Å². The second-order valence-corrected chi connectivity index (χ2v) is 5.86. The zero-order chi connectivity index (χ0) is 17.6. The van der Waals surface area contributed by atoms with Crippen molar-refractivity contribution >= 4 is 17.6 Å². The van der Waals surface area contributed by atoms with E-state index in [9.17, 15) is 9.59 Å². The first-order chi connectivity index (χ1) is 12.1. The molecule has 1 aromatic carbocycles. The number of amides is 1. The van der Waals surface area contributed by atoms with Crippen molar-refractivity contribution in [3.8, 4) is 0 Å². The summed E-state index contributed by atoms with van der Waals surface area (Å²) in [6.45, 7) is 3.83. The minimum absolute atomic E-state index is 0.275. The summed E-state index contributed by atoms with van der Waals surface area (Å²) in [6.07, 6.45) is 2.77. The van der Waals surface area contributed by atoms with E-state index in [1.165, 1.54) is 17.1 Å². The summed E-state index contributed by atoms with van der Waals surface area (Å²) in [7, 11) is 0. The van der Waals surface area contributed by atoms with Crippen LogP contribution in [-0.4, -0.2) is 58.0 Å². The van der Waals surface area contributed by atoms with E-state index in [2.05, 4.69) is 15.3 Å². The second kappa shape index (κ2) is 7.91. The number of ether oxygens (including phenoxy) is 1. The number of nitrogens with one attached hydrogen (secondary N) is 1. The van der Waals surface area contributed by atoms with Gasteiger partial charge in [-0.1, -0.05) is 12.1 Å². The monoisotopic (exact) mass is 344 g/mol. The molecule has 8 nitrogen and oxygen atoms in total. The van der Waals surface area contributed by atoms with E-state index in [1.54, 1.807) is 0 Å². The van der Waals surface area contributed by atoms with E-state index in [4.69, 9.17) is 9.84 Å². The van der Waals surface area contributed by atoms with Crippen LogP contribution < -0.4 is 5.32 Å². The largest absolute Gasteiger partial charge is 0.480 e. The summed E-state index contributed by atoms with van der Waals surface area (Å²) < 4.78 is 6.56. The number of carboxylic acid groups (broad SMARTS) is 1. The van der Waals surface area contributed by atoms with Crippen LogP contribution >= 0.6 is 0 Å². The van der Waals surface area contributed by atoms with Crippen molar-refractivity contribution in [3.63, 3.8) is 0 Å². The minimum atomic E-state index is -1.01. The maximum Gasteiger partial charge on any atom is 0.325 e. The second-order valence-electron chi connectivity index (χ2n) is 5.86. The molecule has 2 heterocycles. The molecule has 0 atom stereocenters. The SMILES string of the molecule is O=C(O)Cn1cc(C(=O)Nc2cccc(CN3CCOCC3)c2)cn1. The lowest BCUT2D eigenvalue weighted by atomic mass is 10.1. The average molecular weight is 344 g/mol. The van der Waals surface area contributed by atoms with Crippen molar-refractivity contribution in [1.82, 2.24) is 14.7 Å². The van der Waals surface area contributed by atoms with Gasteiger partial charge in [0.05, 0.1) is 25.0 Å². The third-order valence-electron chi connectivity index (χ3n) is 3.89. The smallest absolute Gasteiger partial charge is 0.325 e. The Balaban J connectivity index is 1.61.